The summed E-state index contributed by atoms with van der Waals surface area (Å²) in [6, 6.07) is 7.84. The molecule has 0 bridgehead atoms. The molecule has 9 heteroatoms. The third kappa shape index (κ3) is 3.62. The molecule has 26 heavy (non-hydrogen) atoms. The van der Waals surface area contributed by atoms with E-state index in [1.807, 2.05) is 38.1 Å². The van der Waals surface area contributed by atoms with E-state index in [1.54, 1.807) is 4.68 Å². The largest absolute Gasteiger partial charge is 0.441 e. The number of aromatic nitrogens is 5. The van der Waals surface area contributed by atoms with Gasteiger partial charge in [0.25, 0.3) is 0 Å². The standard InChI is InChI=1S/C17H18N6O2S/c1-10-11(2)25-16(18-10)12-4-3-5-13(8-12)19-15(24)9-26-17-20-21-22-23(17)14-6-7-14/h3-5,8,14H,6-7,9H2,1-2H3,(H,19,24). The van der Waals surface area contributed by atoms with E-state index in [-0.39, 0.29) is 11.7 Å². The molecule has 0 radical (unpaired) electrons. The van der Waals surface area contributed by atoms with Crippen molar-refractivity contribution in [1.29, 1.82) is 0 Å². The van der Waals surface area contributed by atoms with E-state index >= 15 is 0 Å². The summed E-state index contributed by atoms with van der Waals surface area (Å²) < 4.78 is 7.44. The maximum absolute atomic E-state index is 12.3. The molecular weight excluding hydrogens is 352 g/mol. The van der Waals surface area contributed by atoms with E-state index < -0.39 is 0 Å². The van der Waals surface area contributed by atoms with Crippen LogP contribution in [0.25, 0.3) is 11.5 Å². The number of oxazole rings is 1. The van der Waals surface area contributed by atoms with Crippen LogP contribution in [0.15, 0.2) is 33.8 Å². The van der Waals surface area contributed by atoms with Crippen LogP contribution >= 0.6 is 11.8 Å². The predicted molar refractivity (Wildman–Crippen MR) is 96.9 cm³/mol. The number of hydrogen-bond donors (Lipinski definition) is 1. The Bertz CT molecular complexity index is 927. The van der Waals surface area contributed by atoms with Crippen LogP contribution in [0.5, 0.6) is 0 Å². The second-order valence-electron chi connectivity index (χ2n) is 6.22. The number of rotatable bonds is 6. The van der Waals surface area contributed by atoms with Gasteiger partial charge in [0.15, 0.2) is 0 Å². The van der Waals surface area contributed by atoms with Gasteiger partial charge >= 0.3 is 0 Å². The van der Waals surface area contributed by atoms with Crippen molar-refractivity contribution < 1.29 is 9.21 Å². The van der Waals surface area contributed by atoms with Crippen LogP contribution in [-0.4, -0.2) is 36.9 Å². The minimum Gasteiger partial charge on any atom is -0.441 e. The first-order valence-electron chi connectivity index (χ1n) is 8.35. The van der Waals surface area contributed by atoms with Gasteiger partial charge in [-0.25, -0.2) is 9.67 Å². The van der Waals surface area contributed by atoms with Crippen LogP contribution in [0.2, 0.25) is 0 Å². The number of carbonyl (C=O) groups is 1. The molecule has 2 aromatic heterocycles. The van der Waals surface area contributed by atoms with Crippen LogP contribution in [0.3, 0.4) is 0 Å². The monoisotopic (exact) mass is 370 g/mol. The molecule has 1 aliphatic carbocycles. The van der Waals surface area contributed by atoms with E-state index in [0.717, 1.165) is 29.9 Å². The highest BCUT2D eigenvalue weighted by molar-refractivity contribution is 7.99. The zero-order valence-corrected chi connectivity index (χ0v) is 15.3. The topological polar surface area (TPSA) is 98.7 Å². The van der Waals surface area contributed by atoms with Crippen molar-refractivity contribution in [3.8, 4) is 11.5 Å². The molecule has 1 amide bonds. The third-order valence-electron chi connectivity index (χ3n) is 4.11. The molecule has 1 aliphatic rings. The molecule has 0 atom stereocenters. The lowest BCUT2D eigenvalue weighted by Crippen LogP contribution is -2.14. The first-order chi connectivity index (χ1) is 12.6. The SMILES string of the molecule is Cc1nc(-c2cccc(NC(=O)CSc3nnnn3C3CC3)c2)oc1C. The molecule has 2 heterocycles. The van der Waals surface area contributed by atoms with Crippen molar-refractivity contribution in [2.45, 2.75) is 37.9 Å². The average Bonchev–Trinajstić information content (AvgIpc) is 3.27. The van der Waals surface area contributed by atoms with E-state index in [0.29, 0.717) is 22.8 Å². The number of aryl methyl sites for hydroxylation is 2. The molecule has 0 aliphatic heterocycles. The highest BCUT2D eigenvalue weighted by Gasteiger charge is 2.28. The van der Waals surface area contributed by atoms with E-state index in [2.05, 4.69) is 25.8 Å². The van der Waals surface area contributed by atoms with Crippen LogP contribution in [0.1, 0.15) is 30.3 Å². The average molecular weight is 370 g/mol. The number of nitrogens with zero attached hydrogens (tertiary/aromatic N) is 5. The summed E-state index contributed by atoms with van der Waals surface area (Å²) in [5, 5.41) is 15.2. The van der Waals surface area contributed by atoms with Gasteiger partial charge in [-0.2, -0.15) is 0 Å². The maximum Gasteiger partial charge on any atom is 0.234 e. The maximum atomic E-state index is 12.3. The molecule has 1 saturated carbocycles. The molecule has 4 rings (SSSR count). The van der Waals surface area contributed by atoms with Gasteiger partial charge in [-0.3, -0.25) is 4.79 Å². The molecule has 1 aromatic carbocycles. The minimum absolute atomic E-state index is 0.114. The third-order valence-corrected chi connectivity index (χ3v) is 5.04. The second-order valence-corrected chi connectivity index (χ2v) is 7.16. The van der Waals surface area contributed by atoms with Crippen molar-refractivity contribution in [2.24, 2.45) is 0 Å². The molecule has 8 nitrogen and oxygen atoms in total. The second kappa shape index (κ2) is 6.91. The number of anilines is 1. The highest BCUT2D eigenvalue weighted by Crippen LogP contribution is 2.36. The Labute approximate surface area is 154 Å². The highest BCUT2D eigenvalue weighted by atomic mass is 32.2. The number of carbonyl (C=O) groups excluding carboxylic acids is 1. The molecule has 0 spiro atoms. The Kier molecular flexibility index (Phi) is 4.46. The summed E-state index contributed by atoms with van der Waals surface area (Å²) in [5.41, 5.74) is 2.38. The number of amides is 1. The summed E-state index contributed by atoms with van der Waals surface area (Å²) in [5.74, 6) is 1.47. The number of benzene rings is 1. The molecule has 3 aromatic rings. The van der Waals surface area contributed by atoms with E-state index in [9.17, 15) is 4.79 Å². The molecule has 0 unspecified atom stereocenters. The fourth-order valence-electron chi connectivity index (χ4n) is 2.48. The zero-order valence-electron chi connectivity index (χ0n) is 14.5. The summed E-state index contributed by atoms with van der Waals surface area (Å²) in [6.07, 6.45) is 2.19. The van der Waals surface area contributed by atoms with E-state index in [4.69, 9.17) is 4.42 Å². The Morgan fingerprint density at radius 1 is 1.38 bits per heavy atom. The molecule has 1 N–H and O–H groups in total. The smallest absolute Gasteiger partial charge is 0.234 e. The Morgan fingerprint density at radius 2 is 2.23 bits per heavy atom. The van der Waals surface area contributed by atoms with Gasteiger partial charge in [-0.15, -0.1) is 5.10 Å². The minimum atomic E-state index is -0.114. The fraction of sp³-hybridized carbons (Fsp3) is 0.353. The molecule has 134 valence electrons. The van der Waals surface area contributed by atoms with Crippen LogP contribution < -0.4 is 5.32 Å². The van der Waals surface area contributed by atoms with Gasteiger partial charge in [0.1, 0.15) is 5.76 Å². The van der Waals surface area contributed by atoms with Gasteiger partial charge in [0.2, 0.25) is 17.0 Å². The number of tetrazole rings is 1. The molecular formula is C17H18N6O2S. The quantitative estimate of drug-likeness (QED) is 0.666. The Morgan fingerprint density at radius 3 is 2.96 bits per heavy atom. The van der Waals surface area contributed by atoms with Gasteiger partial charge in [0, 0.05) is 11.3 Å². The summed E-state index contributed by atoms with van der Waals surface area (Å²) in [7, 11) is 0. The normalized spacial score (nSPS) is 13.8. The molecule has 0 saturated heterocycles. The summed E-state index contributed by atoms with van der Waals surface area (Å²) >= 11 is 1.34. The predicted octanol–water partition coefficient (Wildman–Crippen LogP) is 3.01. The first kappa shape index (κ1) is 16.8. The van der Waals surface area contributed by atoms with Gasteiger partial charge in [0.05, 0.1) is 17.5 Å². The van der Waals surface area contributed by atoms with Crippen molar-refractivity contribution in [3.63, 3.8) is 0 Å². The Balaban J connectivity index is 1.39. The van der Waals surface area contributed by atoms with Gasteiger partial charge < -0.3 is 9.73 Å². The van der Waals surface area contributed by atoms with Gasteiger partial charge in [-0.1, -0.05) is 17.8 Å². The van der Waals surface area contributed by atoms with Crippen molar-refractivity contribution in [3.05, 3.63) is 35.7 Å². The summed E-state index contributed by atoms with van der Waals surface area (Å²) in [4.78, 5) is 16.7. The first-order valence-corrected chi connectivity index (χ1v) is 9.33. The lowest BCUT2D eigenvalue weighted by Gasteiger charge is -2.06. The van der Waals surface area contributed by atoms with E-state index in [1.165, 1.54) is 11.8 Å². The Hall–Kier alpha value is -2.68. The number of thioether (sulfide) groups is 1. The number of nitrogens with one attached hydrogen (secondary N) is 1. The summed E-state index contributed by atoms with van der Waals surface area (Å²) in [6.45, 7) is 3.78. The number of hydrogen-bond acceptors (Lipinski definition) is 7. The van der Waals surface area contributed by atoms with Crippen LogP contribution in [0.4, 0.5) is 5.69 Å². The van der Waals surface area contributed by atoms with Gasteiger partial charge in [-0.05, 0) is 55.3 Å². The van der Waals surface area contributed by atoms with Crippen molar-refractivity contribution >= 4 is 23.4 Å². The lowest BCUT2D eigenvalue weighted by atomic mass is 10.2. The molecule has 1 fully saturated rings. The van der Waals surface area contributed by atoms with Crippen LogP contribution in [0, 0.1) is 13.8 Å². The zero-order chi connectivity index (χ0) is 18.1. The van der Waals surface area contributed by atoms with Crippen LogP contribution in [-0.2, 0) is 4.79 Å². The lowest BCUT2D eigenvalue weighted by molar-refractivity contribution is -0.113. The van der Waals surface area contributed by atoms with Crippen molar-refractivity contribution in [2.75, 3.05) is 11.1 Å². The fourth-order valence-corrected chi connectivity index (χ4v) is 3.23. The van der Waals surface area contributed by atoms with Crippen molar-refractivity contribution in [1.82, 2.24) is 25.2 Å².